The molecule has 0 saturated carbocycles. The summed E-state index contributed by atoms with van der Waals surface area (Å²) < 4.78 is 10.6. The highest BCUT2D eigenvalue weighted by Crippen LogP contribution is 2.16. The van der Waals surface area contributed by atoms with Crippen LogP contribution < -0.4 is 10.5 Å². The zero-order valence-electron chi connectivity index (χ0n) is 7.40. The van der Waals surface area contributed by atoms with Gasteiger partial charge in [0, 0.05) is 6.54 Å². The van der Waals surface area contributed by atoms with Crippen LogP contribution >= 0.6 is 0 Å². The van der Waals surface area contributed by atoms with Crippen molar-refractivity contribution in [2.75, 3.05) is 13.2 Å². The van der Waals surface area contributed by atoms with Crippen molar-refractivity contribution in [3.8, 4) is 5.75 Å². The van der Waals surface area contributed by atoms with Crippen LogP contribution in [0.15, 0.2) is 24.3 Å². The Hall–Kier alpha value is -1.06. The Morgan fingerprint density at radius 1 is 1.31 bits per heavy atom. The molecule has 0 aromatic heterocycles. The molecule has 2 rings (SSSR count). The highest BCUT2D eigenvalue weighted by atomic mass is 16.6. The second-order valence-electron chi connectivity index (χ2n) is 3.13. The molecule has 1 heterocycles. The van der Waals surface area contributed by atoms with Crippen LogP contribution in [-0.4, -0.2) is 19.3 Å². The SMILES string of the molecule is NCc1ccc(OC2COC2)cc1. The van der Waals surface area contributed by atoms with Crippen LogP contribution in [0.3, 0.4) is 0 Å². The minimum atomic E-state index is 0.240. The lowest BCUT2D eigenvalue weighted by Crippen LogP contribution is -2.38. The van der Waals surface area contributed by atoms with E-state index in [4.69, 9.17) is 15.2 Å². The first-order valence-corrected chi connectivity index (χ1v) is 4.42. The highest BCUT2D eigenvalue weighted by molar-refractivity contribution is 5.27. The molecule has 1 aliphatic heterocycles. The first-order valence-electron chi connectivity index (χ1n) is 4.42. The molecule has 1 aromatic rings. The maximum atomic E-state index is 5.58. The molecule has 0 radical (unpaired) electrons. The number of rotatable bonds is 3. The average molecular weight is 179 g/mol. The third-order valence-electron chi connectivity index (χ3n) is 2.07. The molecule has 1 fully saturated rings. The van der Waals surface area contributed by atoms with Gasteiger partial charge in [-0.2, -0.15) is 0 Å². The van der Waals surface area contributed by atoms with Crippen molar-refractivity contribution < 1.29 is 9.47 Å². The lowest BCUT2D eigenvalue weighted by atomic mass is 10.2. The van der Waals surface area contributed by atoms with Gasteiger partial charge >= 0.3 is 0 Å². The zero-order valence-corrected chi connectivity index (χ0v) is 7.40. The smallest absolute Gasteiger partial charge is 0.145 e. The van der Waals surface area contributed by atoms with Gasteiger partial charge in [-0.1, -0.05) is 12.1 Å². The van der Waals surface area contributed by atoms with Gasteiger partial charge in [0.05, 0.1) is 13.2 Å². The minimum absolute atomic E-state index is 0.240. The Morgan fingerprint density at radius 3 is 2.46 bits per heavy atom. The molecule has 0 unspecified atom stereocenters. The summed E-state index contributed by atoms with van der Waals surface area (Å²) >= 11 is 0. The van der Waals surface area contributed by atoms with E-state index in [2.05, 4.69) is 0 Å². The van der Waals surface area contributed by atoms with Gasteiger partial charge in [0.15, 0.2) is 0 Å². The van der Waals surface area contributed by atoms with Crippen LogP contribution in [0.2, 0.25) is 0 Å². The fourth-order valence-corrected chi connectivity index (χ4v) is 1.18. The second-order valence-corrected chi connectivity index (χ2v) is 3.13. The fourth-order valence-electron chi connectivity index (χ4n) is 1.18. The number of ether oxygens (including phenoxy) is 2. The van der Waals surface area contributed by atoms with Crippen molar-refractivity contribution in [2.24, 2.45) is 5.73 Å². The summed E-state index contributed by atoms with van der Waals surface area (Å²) in [5.74, 6) is 0.894. The van der Waals surface area contributed by atoms with E-state index < -0.39 is 0 Å². The van der Waals surface area contributed by atoms with E-state index >= 15 is 0 Å². The van der Waals surface area contributed by atoms with Crippen molar-refractivity contribution in [3.05, 3.63) is 29.8 Å². The standard InChI is InChI=1S/C10H13NO2/c11-5-8-1-3-9(4-2-8)13-10-6-12-7-10/h1-4,10H,5-7,11H2. The predicted octanol–water partition coefficient (Wildman–Crippen LogP) is 0.923. The summed E-state index contributed by atoms with van der Waals surface area (Å²) in [6.45, 7) is 1.99. The highest BCUT2D eigenvalue weighted by Gasteiger charge is 2.19. The number of hydrogen-bond acceptors (Lipinski definition) is 3. The molecular weight excluding hydrogens is 166 g/mol. The maximum Gasteiger partial charge on any atom is 0.145 e. The Labute approximate surface area is 77.5 Å². The van der Waals surface area contributed by atoms with Gasteiger partial charge in [0.2, 0.25) is 0 Å². The number of benzene rings is 1. The molecule has 13 heavy (non-hydrogen) atoms. The van der Waals surface area contributed by atoms with Crippen molar-refractivity contribution in [1.82, 2.24) is 0 Å². The molecule has 1 aliphatic rings. The summed E-state index contributed by atoms with van der Waals surface area (Å²) in [4.78, 5) is 0. The first kappa shape index (κ1) is 8.53. The van der Waals surface area contributed by atoms with E-state index in [1.54, 1.807) is 0 Å². The van der Waals surface area contributed by atoms with Crippen LogP contribution in [0.4, 0.5) is 0 Å². The monoisotopic (exact) mass is 179 g/mol. The summed E-state index contributed by atoms with van der Waals surface area (Å²) in [6.07, 6.45) is 0.240. The van der Waals surface area contributed by atoms with E-state index in [9.17, 15) is 0 Å². The molecule has 3 nitrogen and oxygen atoms in total. The molecule has 0 aliphatic carbocycles. The van der Waals surface area contributed by atoms with Gasteiger partial charge in [-0.25, -0.2) is 0 Å². The normalized spacial score (nSPS) is 16.7. The predicted molar refractivity (Wildman–Crippen MR) is 49.6 cm³/mol. The lowest BCUT2D eigenvalue weighted by Gasteiger charge is -2.26. The van der Waals surface area contributed by atoms with Gasteiger partial charge < -0.3 is 15.2 Å². The van der Waals surface area contributed by atoms with Crippen LogP contribution in [0.25, 0.3) is 0 Å². The third-order valence-corrected chi connectivity index (χ3v) is 2.07. The quantitative estimate of drug-likeness (QED) is 0.750. The maximum absolute atomic E-state index is 5.58. The number of nitrogens with two attached hydrogens (primary N) is 1. The fraction of sp³-hybridized carbons (Fsp3) is 0.400. The zero-order chi connectivity index (χ0) is 9.10. The molecule has 2 N–H and O–H groups in total. The summed E-state index contributed by atoms with van der Waals surface area (Å²) in [6, 6.07) is 7.85. The van der Waals surface area contributed by atoms with Gasteiger partial charge in [-0.3, -0.25) is 0 Å². The van der Waals surface area contributed by atoms with Crippen molar-refractivity contribution in [3.63, 3.8) is 0 Å². The largest absolute Gasteiger partial charge is 0.486 e. The topological polar surface area (TPSA) is 44.5 Å². The van der Waals surface area contributed by atoms with Crippen molar-refractivity contribution in [2.45, 2.75) is 12.6 Å². The van der Waals surface area contributed by atoms with Gasteiger partial charge in [-0.15, -0.1) is 0 Å². The molecular formula is C10H13NO2. The van der Waals surface area contributed by atoms with Crippen molar-refractivity contribution >= 4 is 0 Å². The minimum Gasteiger partial charge on any atom is -0.486 e. The summed E-state index contributed by atoms with van der Waals surface area (Å²) in [5, 5.41) is 0. The molecule has 3 heteroatoms. The Kier molecular flexibility index (Phi) is 2.47. The molecule has 0 spiro atoms. The Bertz CT molecular complexity index is 267. The first-order chi connectivity index (χ1) is 6.38. The molecule has 1 aromatic carbocycles. The van der Waals surface area contributed by atoms with Crippen molar-refractivity contribution in [1.29, 1.82) is 0 Å². The van der Waals surface area contributed by atoms with Crippen LogP contribution in [-0.2, 0) is 11.3 Å². The lowest BCUT2D eigenvalue weighted by molar-refractivity contribution is -0.0796. The average Bonchev–Trinajstić information content (AvgIpc) is 2.12. The van der Waals surface area contributed by atoms with Crippen LogP contribution in [0.5, 0.6) is 5.75 Å². The summed E-state index contributed by atoms with van der Waals surface area (Å²) in [7, 11) is 0. The third kappa shape index (κ3) is 1.99. The Balaban J connectivity index is 1.96. The van der Waals surface area contributed by atoms with E-state index in [1.165, 1.54) is 0 Å². The van der Waals surface area contributed by atoms with Gasteiger partial charge in [0.1, 0.15) is 11.9 Å². The number of hydrogen-bond donors (Lipinski definition) is 1. The van der Waals surface area contributed by atoms with E-state index in [1.807, 2.05) is 24.3 Å². The molecule has 1 saturated heterocycles. The summed E-state index contributed by atoms with van der Waals surface area (Å²) in [5.41, 5.74) is 6.60. The van der Waals surface area contributed by atoms with Crippen LogP contribution in [0.1, 0.15) is 5.56 Å². The Morgan fingerprint density at radius 2 is 2.00 bits per heavy atom. The van der Waals surface area contributed by atoms with Gasteiger partial charge in [0.25, 0.3) is 0 Å². The second kappa shape index (κ2) is 3.77. The molecule has 0 amide bonds. The molecule has 70 valence electrons. The van der Waals surface area contributed by atoms with E-state index in [0.29, 0.717) is 19.8 Å². The van der Waals surface area contributed by atoms with Gasteiger partial charge in [-0.05, 0) is 17.7 Å². The van der Waals surface area contributed by atoms with E-state index in [0.717, 1.165) is 11.3 Å². The van der Waals surface area contributed by atoms with E-state index in [-0.39, 0.29) is 6.10 Å². The molecule has 0 atom stereocenters. The molecule has 0 bridgehead atoms. The van der Waals surface area contributed by atoms with Crippen LogP contribution in [0, 0.1) is 0 Å².